The third kappa shape index (κ3) is 7.67. The van der Waals surface area contributed by atoms with Gasteiger partial charge in [-0.1, -0.05) is 35.9 Å². The number of hydrogen-bond acceptors (Lipinski definition) is 3. The molecule has 0 saturated carbocycles. The Labute approximate surface area is 211 Å². The molecule has 0 radical (unpaired) electrons. The number of carbonyl (C=O) groups excluding carboxylic acids is 2. The zero-order valence-corrected chi connectivity index (χ0v) is 21.4. The van der Waals surface area contributed by atoms with Gasteiger partial charge < -0.3 is 20.4 Å². The number of guanidine groups is 1. The zero-order chi connectivity index (χ0) is 22.2. The topological polar surface area (TPSA) is 77.0 Å². The minimum atomic E-state index is -0.0938. The molecule has 1 saturated heterocycles. The molecule has 0 spiro atoms. The maximum Gasteiger partial charge on any atom is 0.227 e. The van der Waals surface area contributed by atoms with Gasteiger partial charge in [-0.3, -0.25) is 14.6 Å². The molecule has 0 aliphatic carbocycles. The third-order valence-electron chi connectivity index (χ3n) is 5.09. The first-order valence-corrected chi connectivity index (χ1v) is 10.7. The first-order chi connectivity index (χ1) is 14.9. The lowest BCUT2D eigenvalue weighted by Crippen LogP contribution is -2.53. The van der Waals surface area contributed by atoms with Crippen molar-refractivity contribution in [2.45, 2.75) is 19.9 Å². The predicted molar refractivity (Wildman–Crippen MR) is 140 cm³/mol. The molecule has 2 aromatic rings. The Hall–Kier alpha value is -2.33. The quantitative estimate of drug-likeness (QED) is 0.329. The van der Waals surface area contributed by atoms with E-state index < -0.39 is 0 Å². The highest BCUT2D eigenvalue weighted by Crippen LogP contribution is 2.14. The van der Waals surface area contributed by atoms with E-state index >= 15 is 0 Å². The highest BCUT2D eigenvalue weighted by Gasteiger charge is 2.23. The third-order valence-corrected chi connectivity index (χ3v) is 5.32. The number of aliphatic imine (C=N–C) groups is 1. The molecule has 0 aromatic heterocycles. The van der Waals surface area contributed by atoms with Gasteiger partial charge in [-0.15, -0.1) is 24.0 Å². The standard InChI is InChI=1S/C23H28ClN5O2.HI/c1-17(30)27-21-8-4-6-19(14-21)16-26-23(25-2)29-11-9-28(10-12-29)22(31)15-18-5-3-7-20(24)13-18;/h3-8,13-14H,9-12,15-16H2,1-2H3,(H,25,26)(H,27,30);1H. The largest absolute Gasteiger partial charge is 0.352 e. The summed E-state index contributed by atoms with van der Waals surface area (Å²) in [5, 5.41) is 6.81. The first-order valence-electron chi connectivity index (χ1n) is 10.3. The summed E-state index contributed by atoms with van der Waals surface area (Å²) in [7, 11) is 1.76. The number of anilines is 1. The van der Waals surface area contributed by atoms with Crippen molar-refractivity contribution in [2.75, 3.05) is 38.5 Å². The minimum Gasteiger partial charge on any atom is -0.352 e. The van der Waals surface area contributed by atoms with Crippen molar-refractivity contribution < 1.29 is 9.59 Å². The van der Waals surface area contributed by atoms with E-state index in [0.717, 1.165) is 22.8 Å². The molecular formula is C23H29ClIN5O2. The van der Waals surface area contributed by atoms with Crippen LogP contribution in [0.3, 0.4) is 0 Å². The zero-order valence-electron chi connectivity index (χ0n) is 18.3. The van der Waals surface area contributed by atoms with Gasteiger partial charge >= 0.3 is 0 Å². The molecule has 9 heteroatoms. The summed E-state index contributed by atoms with van der Waals surface area (Å²) in [6, 6.07) is 15.1. The molecule has 7 nitrogen and oxygen atoms in total. The Balaban J connectivity index is 0.00000363. The Morgan fingerprint density at radius 2 is 1.66 bits per heavy atom. The van der Waals surface area contributed by atoms with Crippen LogP contribution in [0.4, 0.5) is 5.69 Å². The van der Waals surface area contributed by atoms with E-state index in [-0.39, 0.29) is 35.8 Å². The van der Waals surface area contributed by atoms with E-state index in [4.69, 9.17) is 11.6 Å². The maximum atomic E-state index is 12.6. The number of hydrogen-bond donors (Lipinski definition) is 2. The van der Waals surface area contributed by atoms with Crippen molar-refractivity contribution in [3.8, 4) is 0 Å². The van der Waals surface area contributed by atoms with Crippen LogP contribution in [0.2, 0.25) is 5.02 Å². The molecule has 1 aliphatic heterocycles. The molecule has 2 N–H and O–H groups in total. The normalized spacial score (nSPS) is 13.9. The molecule has 32 heavy (non-hydrogen) atoms. The number of nitrogens with zero attached hydrogens (tertiary/aromatic N) is 3. The lowest BCUT2D eigenvalue weighted by molar-refractivity contribution is -0.131. The summed E-state index contributed by atoms with van der Waals surface area (Å²) in [6.45, 7) is 4.82. The van der Waals surface area contributed by atoms with Gasteiger partial charge in [-0.2, -0.15) is 0 Å². The first kappa shape index (κ1) is 25.9. The lowest BCUT2D eigenvalue weighted by atomic mass is 10.1. The van der Waals surface area contributed by atoms with E-state index in [1.54, 1.807) is 7.05 Å². The van der Waals surface area contributed by atoms with Crippen molar-refractivity contribution in [1.82, 2.24) is 15.1 Å². The summed E-state index contributed by atoms with van der Waals surface area (Å²) in [5.41, 5.74) is 2.75. The summed E-state index contributed by atoms with van der Waals surface area (Å²) in [6.07, 6.45) is 0.359. The van der Waals surface area contributed by atoms with Crippen molar-refractivity contribution in [2.24, 2.45) is 4.99 Å². The molecule has 1 fully saturated rings. The minimum absolute atomic E-state index is 0. The van der Waals surface area contributed by atoms with Crippen LogP contribution in [0, 0.1) is 0 Å². The highest BCUT2D eigenvalue weighted by molar-refractivity contribution is 14.0. The van der Waals surface area contributed by atoms with Crippen LogP contribution < -0.4 is 10.6 Å². The fraction of sp³-hybridized carbons (Fsp3) is 0.348. The second kappa shape index (κ2) is 12.6. The Morgan fingerprint density at radius 1 is 1.00 bits per heavy atom. The van der Waals surface area contributed by atoms with Gasteiger partial charge in [-0.05, 0) is 35.4 Å². The van der Waals surface area contributed by atoms with Crippen LogP contribution in [-0.4, -0.2) is 60.8 Å². The van der Waals surface area contributed by atoms with Crippen LogP contribution in [-0.2, 0) is 22.6 Å². The summed E-state index contributed by atoms with van der Waals surface area (Å²) in [4.78, 5) is 32.3. The van der Waals surface area contributed by atoms with Crippen LogP contribution in [0.5, 0.6) is 0 Å². The van der Waals surface area contributed by atoms with Crippen LogP contribution in [0.15, 0.2) is 53.5 Å². The number of piperazine rings is 1. The molecule has 1 aliphatic rings. The summed E-state index contributed by atoms with van der Waals surface area (Å²) < 4.78 is 0. The van der Waals surface area contributed by atoms with E-state index in [1.807, 2.05) is 53.4 Å². The number of rotatable bonds is 5. The predicted octanol–water partition coefficient (Wildman–Crippen LogP) is 3.38. The number of amides is 2. The molecule has 3 rings (SSSR count). The van der Waals surface area contributed by atoms with Crippen LogP contribution in [0.1, 0.15) is 18.1 Å². The average Bonchev–Trinajstić information content (AvgIpc) is 2.74. The second-order valence-corrected chi connectivity index (χ2v) is 7.89. The number of halogens is 2. The van der Waals surface area contributed by atoms with Crippen LogP contribution >= 0.6 is 35.6 Å². The number of carbonyl (C=O) groups is 2. The fourth-order valence-corrected chi connectivity index (χ4v) is 3.79. The van der Waals surface area contributed by atoms with E-state index in [1.165, 1.54) is 6.92 Å². The van der Waals surface area contributed by atoms with Crippen molar-refractivity contribution >= 4 is 59.0 Å². The number of benzene rings is 2. The molecule has 0 atom stereocenters. The molecular weight excluding hydrogens is 541 g/mol. The SMILES string of the molecule is CN=C(NCc1cccc(NC(C)=O)c1)N1CCN(C(=O)Cc2cccc(Cl)c2)CC1.I. The van der Waals surface area contributed by atoms with Gasteiger partial charge in [0, 0.05) is 57.4 Å². The van der Waals surface area contributed by atoms with Crippen molar-refractivity contribution in [1.29, 1.82) is 0 Å². The summed E-state index contributed by atoms with van der Waals surface area (Å²) in [5.74, 6) is 0.815. The van der Waals surface area contributed by atoms with Crippen molar-refractivity contribution in [3.63, 3.8) is 0 Å². The molecule has 0 bridgehead atoms. The van der Waals surface area contributed by atoms with Gasteiger partial charge in [0.2, 0.25) is 11.8 Å². The van der Waals surface area contributed by atoms with Crippen LogP contribution in [0.25, 0.3) is 0 Å². The van der Waals surface area contributed by atoms with E-state index in [9.17, 15) is 9.59 Å². The fourth-order valence-electron chi connectivity index (χ4n) is 3.58. The summed E-state index contributed by atoms with van der Waals surface area (Å²) >= 11 is 6.02. The van der Waals surface area contributed by atoms with Gasteiger partial charge in [0.15, 0.2) is 5.96 Å². The smallest absolute Gasteiger partial charge is 0.227 e. The van der Waals surface area contributed by atoms with E-state index in [2.05, 4.69) is 20.5 Å². The Kier molecular flexibility index (Phi) is 10.2. The lowest BCUT2D eigenvalue weighted by Gasteiger charge is -2.36. The monoisotopic (exact) mass is 569 g/mol. The molecule has 1 heterocycles. The van der Waals surface area contributed by atoms with Gasteiger partial charge in [0.05, 0.1) is 6.42 Å². The second-order valence-electron chi connectivity index (χ2n) is 7.46. The molecule has 0 unspecified atom stereocenters. The number of nitrogens with one attached hydrogen (secondary N) is 2. The Bertz CT molecular complexity index is 961. The van der Waals surface area contributed by atoms with Gasteiger partial charge in [-0.25, -0.2) is 0 Å². The van der Waals surface area contributed by atoms with E-state index in [0.29, 0.717) is 44.2 Å². The Morgan fingerprint density at radius 3 is 2.31 bits per heavy atom. The van der Waals surface area contributed by atoms with Gasteiger partial charge in [0.1, 0.15) is 0 Å². The van der Waals surface area contributed by atoms with Gasteiger partial charge in [0.25, 0.3) is 0 Å². The molecule has 172 valence electrons. The molecule has 2 amide bonds. The van der Waals surface area contributed by atoms with Crippen molar-refractivity contribution in [3.05, 3.63) is 64.7 Å². The maximum absolute atomic E-state index is 12.6. The molecule has 2 aromatic carbocycles. The highest BCUT2D eigenvalue weighted by atomic mass is 127. The average molecular weight is 570 g/mol.